The van der Waals surface area contributed by atoms with Crippen LogP contribution in [0.1, 0.15) is 24.9 Å². The second kappa shape index (κ2) is 8.70. The van der Waals surface area contributed by atoms with Gasteiger partial charge in [0.1, 0.15) is 17.3 Å². The van der Waals surface area contributed by atoms with Crippen molar-refractivity contribution in [3.8, 4) is 5.75 Å². The smallest absolute Gasteiger partial charge is 0.291 e. The zero-order valence-corrected chi connectivity index (χ0v) is 19.5. The quantitative estimate of drug-likeness (QED) is 0.390. The number of benzene rings is 2. The van der Waals surface area contributed by atoms with E-state index in [4.69, 9.17) is 4.74 Å². The number of para-hydroxylation sites is 1. The maximum atomic E-state index is 13.4. The van der Waals surface area contributed by atoms with Gasteiger partial charge in [-0.25, -0.2) is 4.68 Å². The van der Waals surface area contributed by atoms with Crippen molar-refractivity contribution in [1.29, 1.82) is 0 Å². The Morgan fingerprint density at radius 3 is 2.79 bits per heavy atom. The number of methoxy groups -OCH3 is 1. The minimum Gasteiger partial charge on any atom is -0.497 e. The molecule has 2 aromatic carbocycles. The molecule has 2 N–H and O–H groups in total. The summed E-state index contributed by atoms with van der Waals surface area (Å²) in [6.07, 6.45) is 4.90. The topological polar surface area (TPSA) is 93.9 Å². The van der Waals surface area contributed by atoms with Crippen LogP contribution < -0.4 is 15.6 Å². The van der Waals surface area contributed by atoms with E-state index >= 15 is 0 Å². The minimum absolute atomic E-state index is 0.110. The fraction of sp³-hybridized carbons (Fsp3) is 0.269. The highest BCUT2D eigenvalue weighted by Crippen LogP contribution is 2.31. The maximum absolute atomic E-state index is 13.4. The summed E-state index contributed by atoms with van der Waals surface area (Å²) in [6.45, 7) is 2.44. The molecule has 0 fully saturated rings. The molecule has 0 unspecified atom stereocenters. The zero-order chi connectivity index (χ0) is 23.8. The number of aryl methyl sites for hydroxylation is 1. The first-order valence-corrected chi connectivity index (χ1v) is 11.4. The molecular formula is C26H27N5O3. The standard InChI is InChI=1S/C26H27N5O3/c1-4-22(25(32)27-12-11-16-14-28-21-10-9-17(34-3)13-19(16)21)31-23-8-6-5-7-18(23)20-15-29-30(2)26(33)24(20)31/h5-10,13-15,22,28H,4,11-12H2,1-3H3,(H,27,32)/t22-/m0/s1. The average molecular weight is 458 g/mol. The molecule has 0 radical (unpaired) electrons. The minimum atomic E-state index is -0.513. The summed E-state index contributed by atoms with van der Waals surface area (Å²) in [7, 11) is 3.28. The van der Waals surface area contributed by atoms with E-state index in [1.165, 1.54) is 4.68 Å². The number of hydrogen-bond acceptors (Lipinski definition) is 4. The molecule has 5 rings (SSSR count). The second-order valence-electron chi connectivity index (χ2n) is 8.41. The Morgan fingerprint density at radius 1 is 1.18 bits per heavy atom. The van der Waals surface area contributed by atoms with E-state index in [9.17, 15) is 9.59 Å². The fourth-order valence-corrected chi connectivity index (χ4v) is 4.73. The van der Waals surface area contributed by atoms with Crippen LogP contribution in [0.3, 0.4) is 0 Å². The van der Waals surface area contributed by atoms with Crippen LogP contribution in [0, 0.1) is 0 Å². The Bertz CT molecular complexity index is 1580. The van der Waals surface area contributed by atoms with Gasteiger partial charge in [-0.3, -0.25) is 9.59 Å². The largest absolute Gasteiger partial charge is 0.497 e. The van der Waals surface area contributed by atoms with E-state index in [-0.39, 0.29) is 11.5 Å². The molecule has 8 nitrogen and oxygen atoms in total. The number of carbonyl (C=O) groups is 1. The van der Waals surface area contributed by atoms with Crippen molar-refractivity contribution in [1.82, 2.24) is 24.6 Å². The van der Waals surface area contributed by atoms with Gasteiger partial charge in [-0.05, 0) is 42.7 Å². The van der Waals surface area contributed by atoms with Crippen molar-refractivity contribution in [3.05, 3.63) is 70.8 Å². The molecule has 8 heteroatoms. The molecule has 1 atom stereocenters. The van der Waals surface area contributed by atoms with E-state index in [0.717, 1.165) is 38.5 Å². The number of H-pyrrole nitrogens is 1. The van der Waals surface area contributed by atoms with Gasteiger partial charge in [0.15, 0.2) is 0 Å². The van der Waals surface area contributed by atoms with Crippen LogP contribution >= 0.6 is 0 Å². The third-order valence-electron chi connectivity index (χ3n) is 6.48. The summed E-state index contributed by atoms with van der Waals surface area (Å²) < 4.78 is 8.54. The lowest BCUT2D eigenvalue weighted by Crippen LogP contribution is -2.34. The first-order chi connectivity index (χ1) is 16.5. The predicted octanol–water partition coefficient (Wildman–Crippen LogP) is 3.69. The van der Waals surface area contributed by atoms with Crippen molar-refractivity contribution >= 4 is 38.6 Å². The predicted molar refractivity (Wildman–Crippen MR) is 133 cm³/mol. The van der Waals surface area contributed by atoms with Gasteiger partial charge in [-0.1, -0.05) is 25.1 Å². The van der Waals surface area contributed by atoms with E-state index in [1.807, 2.05) is 60.2 Å². The number of ether oxygens (including phenoxy) is 1. The number of hydrogen-bond donors (Lipinski definition) is 2. The molecule has 0 aliphatic carbocycles. The van der Waals surface area contributed by atoms with Gasteiger partial charge < -0.3 is 19.6 Å². The van der Waals surface area contributed by atoms with E-state index < -0.39 is 6.04 Å². The number of fused-ring (bicyclic) bond motifs is 4. The van der Waals surface area contributed by atoms with Crippen LogP contribution in [0.5, 0.6) is 5.75 Å². The van der Waals surface area contributed by atoms with Gasteiger partial charge in [0.05, 0.1) is 18.8 Å². The summed E-state index contributed by atoms with van der Waals surface area (Å²) in [6, 6.07) is 13.2. The number of carbonyl (C=O) groups excluding carboxylic acids is 1. The molecule has 0 bridgehead atoms. The molecule has 0 saturated carbocycles. The van der Waals surface area contributed by atoms with Gasteiger partial charge >= 0.3 is 0 Å². The summed E-state index contributed by atoms with van der Waals surface area (Å²) in [5.74, 6) is 0.687. The lowest BCUT2D eigenvalue weighted by Gasteiger charge is -2.19. The number of amides is 1. The van der Waals surface area contributed by atoms with Crippen molar-refractivity contribution in [2.75, 3.05) is 13.7 Å². The highest BCUT2D eigenvalue weighted by molar-refractivity contribution is 6.08. The van der Waals surface area contributed by atoms with Crippen molar-refractivity contribution in [2.24, 2.45) is 7.05 Å². The molecule has 174 valence electrons. The van der Waals surface area contributed by atoms with Crippen molar-refractivity contribution in [3.63, 3.8) is 0 Å². The number of aromatic amines is 1. The average Bonchev–Trinajstić information content (AvgIpc) is 3.41. The molecule has 3 aromatic heterocycles. The molecule has 0 aliphatic rings. The van der Waals surface area contributed by atoms with Crippen LogP contribution in [-0.4, -0.2) is 38.9 Å². The Labute approximate surface area is 196 Å². The third kappa shape index (κ3) is 3.51. The van der Waals surface area contributed by atoms with Gasteiger partial charge in [-0.15, -0.1) is 0 Å². The maximum Gasteiger partial charge on any atom is 0.291 e. The van der Waals surface area contributed by atoms with Crippen LogP contribution in [0.25, 0.3) is 32.7 Å². The summed E-state index contributed by atoms with van der Waals surface area (Å²) >= 11 is 0. The van der Waals surface area contributed by atoms with Gasteiger partial charge in [-0.2, -0.15) is 5.10 Å². The highest BCUT2D eigenvalue weighted by atomic mass is 16.5. The lowest BCUT2D eigenvalue weighted by atomic mass is 10.1. The second-order valence-corrected chi connectivity index (χ2v) is 8.41. The van der Waals surface area contributed by atoms with Crippen LogP contribution in [0.4, 0.5) is 0 Å². The van der Waals surface area contributed by atoms with Crippen LogP contribution in [0.2, 0.25) is 0 Å². The zero-order valence-electron chi connectivity index (χ0n) is 19.5. The van der Waals surface area contributed by atoms with E-state index in [0.29, 0.717) is 24.9 Å². The first-order valence-electron chi connectivity index (χ1n) is 11.4. The summed E-state index contributed by atoms with van der Waals surface area (Å²) in [4.78, 5) is 29.7. The monoisotopic (exact) mass is 457 g/mol. The molecular weight excluding hydrogens is 430 g/mol. The summed E-state index contributed by atoms with van der Waals surface area (Å²) in [5.41, 5.74) is 3.28. The number of aromatic nitrogens is 4. The summed E-state index contributed by atoms with van der Waals surface area (Å²) in [5, 5.41) is 10.0. The molecule has 0 spiro atoms. The first kappa shape index (κ1) is 21.8. The Kier molecular flexibility index (Phi) is 5.57. The highest BCUT2D eigenvalue weighted by Gasteiger charge is 2.25. The SMILES string of the molecule is CC[C@@H](C(=O)NCCc1c[nH]c2ccc(OC)cc12)n1c2ccccc2c2cnn(C)c(=O)c21. The lowest BCUT2D eigenvalue weighted by molar-refractivity contribution is -0.124. The van der Waals surface area contributed by atoms with Crippen LogP contribution in [-0.2, 0) is 18.3 Å². The van der Waals surface area contributed by atoms with E-state index in [1.54, 1.807) is 20.4 Å². The Balaban J connectivity index is 1.44. The molecule has 0 aliphatic heterocycles. The molecule has 5 aromatic rings. The molecule has 3 heterocycles. The normalized spacial score (nSPS) is 12.4. The molecule has 1 amide bonds. The fourth-order valence-electron chi connectivity index (χ4n) is 4.73. The van der Waals surface area contributed by atoms with Crippen molar-refractivity contribution in [2.45, 2.75) is 25.8 Å². The number of nitrogens with zero attached hydrogens (tertiary/aromatic N) is 3. The van der Waals surface area contributed by atoms with Gasteiger partial charge in [0.25, 0.3) is 5.56 Å². The number of nitrogens with one attached hydrogen (secondary N) is 2. The van der Waals surface area contributed by atoms with Crippen molar-refractivity contribution < 1.29 is 9.53 Å². The third-order valence-corrected chi connectivity index (χ3v) is 6.48. The van der Waals surface area contributed by atoms with Gasteiger partial charge in [0, 0.05) is 41.5 Å². The molecule has 34 heavy (non-hydrogen) atoms. The number of rotatable bonds is 7. The Hall–Kier alpha value is -4.07. The molecule has 0 saturated heterocycles. The van der Waals surface area contributed by atoms with Crippen LogP contribution in [0.15, 0.2) is 59.7 Å². The van der Waals surface area contributed by atoms with Gasteiger partial charge in [0.2, 0.25) is 5.91 Å². The Morgan fingerprint density at radius 2 is 2.00 bits per heavy atom. The van der Waals surface area contributed by atoms with E-state index in [2.05, 4.69) is 15.4 Å².